The van der Waals surface area contributed by atoms with Crippen molar-refractivity contribution in [2.45, 2.75) is 51.2 Å². The molecular weight excluding hydrogens is 272 g/mol. The van der Waals surface area contributed by atoms with Gasteiger partial charge >= 0.3 is 12.1 Å². The molecule has 118 valence electrons. The SMILES string of the molecule is C#CCCCN1CCC(NC(=O)OC(C)(C)C)(C(=O)O)C1. The molecule has 0 aromatic heterocycles. The molecule has 0 aromatic carbocycles. The van der Waals surface area contributed by atoms with Gasteiger partial charge in [-0.3, -0.25) is 0 Å². The van der Waals surface area contributed by atoms with Crippen LogP contribution in [0.2, 0.25) is 0 Å². The lowest BCUT2D eigenvalue weighted by atomic mass is 9.99. The molecule has 6 heteroatoms. The summed E-state index contributed by atoms with van der Waals surface area (Å²) in [5.41, 5.74) is -1.94. The summed E-state index contributed by atoms with van der Waals surface area (Å²) in [6.45, 7) is 6.83. The van der Waals surface area contributed by atoms with E-state index in [9.17, 15) is 14.7 Å². The van der Waals surface area contributed by atoms with Crippen molar-refractivity contribution >= 4 is 12.1 Å². The fourth-order valence-corrected chi connectivity index (χ4v) is 2.31. The zero-order valence-corrected chi connectivity index (χ0v) is 12.9. The average molecular weight is 296 g/mol. The number of hydrogen-bond acceptors (Lipinski definition) is 4. The normalized spacial score (nSPS) is 22.6. The fraction of sp³-hybridized carbons (Fsp3) is 0.733. The van der Waals surface area contributed by atoms with Crippen LogP contribution in [0.1, 0.15) is 40.0 Å². The van der Waals surface area contributed by atoms with Gasteiger partial charge in [0, 0.05) is 19.5 Å². The molecule has 2 N–H and O–H groups in total. The van der Waals surface area contributed by atoms with Gasteiger partial charge in [0.15, 0.2) is 5.54 Å². The van der Waals surface area contributed by atoms with Gasteiger partial charge in [0.2, 0.25) is 0 Å². The van der Waals surface area contributed by atoms with Crippen molar-refractivity contribution in [1.82, 2.24) is 10.2 Å². The van der Waals surface area contributed by atoms with Crippen LogP contribution in [0.25, 0.3) is 0 Å². The lowest BCUT2D eigenvalue weighted by Gasteiger charge is -2.28. The Morgan fingerprint density at radius 3 is 2.67 bits per heavy atom. The van der Waals surface area contributed by atoms with Crippen LogP contribution in [0.4, 0.5) is 4.79 Å². The molecule has 1 amide bonds. The van der Waals surface area contributed by atoms with Gasteiger partial charge in [-0.2, -0.15) is 0 Å². The highest BCUT2D eigenvalue weighted by Gasteiger charge is 2.46. The van der Waals surface area contributed by atoms with Crippen LogP contribution < -0.4 is 5.32 Å². The highest BCUT2D eigenvalue weighted by molar-refractivity contribution is 5.85. The van der Waals surface area contributed by atoms with Crippen molar-refractivity contribution in [1.29, 1.82) is 0 Å². The number of likely N-dealkylation sites (tertiary alicyclic amines) is 1. The molecule has 0 bridgehead atoms. The molecule has 0 aliphatic carbocycles. The Morgan fingerprint density at radius 2 is 2.14 bits per heavy atom. The Balaban J connectivity index is 2.63. The minimum Gasteiger partial charge on any atom is -0.479 e. The number of rotatable bonds is 5. The van der Waals surface area contributed by atoms with E-state index in [-0.39, 0.29) is 6.54 Å². The number of terminal acetylenes is 1. The summed E-state index contributed by atoms with van der Waals surface area (Å²) in [6, 6.07) is 0. The lowest BCUT2D eigenvalue weighted by Crippen LogP contribution is -2.57. The number of amides is 1. The Labute approximate surface area is 125 Å². The molecule has 1 unspecified atom stereocenters. The number of nitrogens with one attached hydrogen (secondary N) is 1. The van der Waals surface area contributed by atoms with Gasteiger partial charge in [-0.25, -0.2) is 9.59 Å². The quantitative estimate of drug-likeness (QED) is 0.593. The van der Waals surface area contributed by atoms with Crippen LogP contribution >= 0.6 is 0 Å². The third kappa shape index (κ3) is 5.27. The molecule has 21 heavy (non-hydrogen) atoms. The second-order valence-corrected chi connectivity index (χ2v) is 6.35. The highest BCUT2D eigenvalue weighted by atomic mass is 16.6. The van der Waals surface area contributed by atoms with Crippen LogP contribution in [0.3, 0.4) is 0 Å². The third-order valence-corrected chi connectivity index (χ3v) is 3.29. The maximum Gasteiger partial charge on any atom is 0.408 e. The first-order valence-corrected chi connectivity index (χ1v) is 7.09. The maximum absolute atomic E-state index is 11.8. The standard InChI is InChI=1S/C15H24N2O4/c1-5-6-7-9-17-10-8-15(11-17,12(18)19)16-13(20)21-14(2,3)4/h1H,6-11H2,2-4H3,(H,16,20)(H,18,19). The van der Waals surface area contributed by atoms with E-state index in [1.807, 2.05) is 4.90 Å². The molecule has 1 aliphatic rings. The third-order valence-electron chi connectivity index (χ3n) is 3.29. The first kappa shape index (κ1) is 17.3. The smallest absolute Gasteiger partial charge is 0.408 e. The molecule has 0 spiro atoms. The first-order chi connectivity index (χ1) is 9.68. The molecule has 1 fully saturated rings. The zero-order valence-electron chi connectivity index (χ0n) is 12.9. The second-order valence-electron chi connectivity index (χ2n) is 6.35. The van der Waals surface area contributed by atoms with E-state index in [0.717, 1.165) is 13.0 Å². The number of unbranched alkanes of at least 4 members (excludes halogenated alkanes) is 1. The molecule has 1 heterocycles. The number of carboxylic acid groups (broad SMARTS) is 1. The average Bonchev–Trinajstić information content (AvgIpc) is 2.71. The summed E-state index contributed by atoms with van der Waals surface area (Å²) < 4.78 is 5.15. The molecular formula is C15H24N2O4. The Bertz CT molecular complexity index is 436. The van der Waals surface area contributed by atoms with E-state index in [0.29, 0.717) is 19.4 Å². The van der Waals surface area contributed by atoms with E-state index in [1.54, 1.807) is 20.8 Å². The molecule has 1 aliphatic heterocycles. The van der Waals surface area contributed by atoms with Gasteiger partial charge in [0.1, 0.15) is 5.60 Å². The summed E-state index contributed by atoms with van der Waals surface area (Å²) >= 11 is 0. The highest BCUT2D eigenvalue weighted by Crippen LogP contribution is 2.23. The maximum atomic E-state index is 11.8. The van der Waals surface area contributed by atoms with E-state index >= 15 is 0 Å². The van der Waals surface area contributed by atoms with E-state index < -0.39 is 23.2 Å². The van der Waals surface area contributed by atoms with Crippen molar-refractivity contribution in [3.63, 3.8) is 0 Å². The van der Waals surface area contributed by atoms with Crippen LogP contribution in [0.15, 0.2) is 0 Å². The minimum absolute atomic E-state index is 0.270. The Morgan fingerprint density at radius 1 is 1.48 bits per heavy atom. The van der Waals surface area contributed by atoms with E-state index in [1.165, 1.54) is 0 Å². The molecule has 1 rings (SSSR count). The van der Waals surface area contributed by atoms with Crippen molar-refractivity contribution in [3.05, 3.63) is 0 Å². The zero-order chi connectivity index (χ0) is 16.1. The summed E-state index contributed by atoms with van der Waals surface area (Å²) in [5, 5.41) is 12.0. The number of carboxylic acids is 1. The molecule has 0 aromatic rings. The topological polar surface area (TPSA) is 78.9 Å². The number of ether oxygens (including phenoxy) is 1. The molecule has 6 nitrogen and oxygen atoms in total. The number of carbonyl (C=O) groups excluding carboxylic acids is 1. The van der Waals surface area contributed by atoms with Crippen LogP contribution in [0.5, 0.6) is 0 Å². The van der Waals surface area contributed by atoms with Crippen molar-refractivity contribution in [3.8, 4) is 12.3 Å². The van der Waals surface area contributed by atoms with Crippen molar-refractivity contribution in [2.24, 2.45) is 0 Å². The van der Waals surface area contributed by atoms with Crippen LogP contribution in [-0.2, 0) is 9.53 Å². The van der Waals surface area contributed by atoms with Gasteiger partial charge < -0.3 is 20.1 Å². The first-order valence-electron chi connectivity index (χ1n) is 7.09. The van der Waals surface area contributed by atoms with E-state index in [4.69, 9.17) is 11.2 Å². The molecule has 0 saturated carbocycles. The predicted molar refractivity (Wildman–Crippen MR) is 78.9 cm³/mol. The molecule has 1 saturated heterocycles. The fourth-order valence-electron chi connectivity index (χ4n) is 2.31. The van der Waals surface area contributed by atoms with Crippen LogP contribution in [-0.4, -0.2) is 52.8 Å². The predicted octanol–water partition coefficient (Wildman–Crippen LogP) is 1.45. The summed E-state index contributed by atoms with van der Waals surface area (Å²) in [7, 11) is 0. The Hall–Kier alpha value is -1.74. The van der Waals surface area contributed by atoms with Crippen molar-refractivity contribution < 1.29 is 19.4 Å². The van der Waals surface area contributed by atoms with Gasteiger partial charge in [-0.1, -0.05) is 0 Å². The largest absolute Gasteiger partial charge is 0.479 e. The molecule has 1 atom stereocenters. The second kappa shape index (κ2) is 6.81. The Kier molecular flexibility index (Phi) is 5.62. The number of carbonyl (C=O) groups is 2. The van der Waals surface area contributed by atoms with Crippen LogP contribution in [0, 0.1) is 12.3 Å². The van der Waals surface area contributed by atoms with Gasteiger partial charge in [-0.15, -0.1) is 12.3 Å². The van der Waals surface area contributed by atoms with Crippen molar-refractivity contribution in [2.75, 3.05) is 19.6 Å². The summed E-state index contributed by atoms with van der Waals surface area (Å²) in [6.07, 6.45) is 6.34. The number of alkyl carbamates (subject to hydrolysis) is 1. The van der Waals surface area contributed by atoms with Gasteiger partial charge in [0.05, 0.1) is 0 Å². The monoisotopic (exact) mass is 296 g/mol. The minimum atomic E-state index is -1.28. The van der Waals surface area contributed by atoms with Gasteiger partial charge in [-0.05, 0) is 40.2 Å². The van der Waals surface area contributed by atoms with E-state index in [2.05, 4.69) is 11.2 Å². The number of hydrogen-bond donors (Lipinski definition) is 2. The number of aliphatic carboxylic acids is 1. The molecule has 0 radical (unpaired) electrons. The van der Waals surface area contributed by atoms with Gasteiger partial charge in [0.25, 0.3) is 0 Å². The summed E-state index contributed by atoms with van der Waals surface area (Å²) in [5.74, 6) is 1.53. The number of nitrogens with zero attached hydrogens (tertiary/aromatic N) is 1. The summed E-state index contributed by atoms with van der Waals surface area (Å²) in [4.78, 5) is 25.4. The lowest BCUT2D eigenvalue weighted by molar-refractivity contribution is -0.144.